The Morgan fingerprint density at radius 2 is 1.92 bits per heavy atom. The normalized spacial score (nSPS) is 15.2. The van der Waals surface area contributed by atoms with Gasteiger partial charge in [-0.05, 0) is 37.0 Å². The van der Waals surface area contributed by atoms with E-state index in [0.29, 0.717) is 5.56 Å². The Balaban J connectivity index is 1.55. The summed E-state index contributed by atoms with van der Waals surface area (Å²) < 4.78 is 1.32. The lowest BCUT2D eigenvalue weighted by atomic mass is 10.0. The van der Waals surface area contributed by atoms with Gasteiger partial charge in [0.25, 0.3) is 11.5 Å². The molecule has 3 rings (SSSR count). The zero-order valence-corrected chi connectivity index (χ0v) is 14.7. The van der Waals surface area contributed by atoms with Gasteiger partial charge in [0.15, 0.2) is 0 Å². The summed E-state index contributed by atoms with van der Waals surface area (Å²) in [5.74, 6) is -0.0173. The highest BCUT2D eigenvalue weighted by atomic mass is 16.1. The van der Waals surface area contributed by atoms with Crippen molar-refractivity contribution in [3.05, 3.63) is 58.0 Å². The summed E-state index contributed by atoms with van der Waals surface area (Å²) in [6, 6.07) is 9.54. The first-order valence-corrected chi connectivity index (χ1v) is 8.75. The summed E-state index contributed by atoms with van der Waals surface area (Å²) >= 11 is 0. The Labute approximate surface area is 147 Å². The zero-order chi connectivity index (χ0) is 17.8. The van der Waals surface area contributed by atoms with Gasteiger partial charge in [-0.15, -0.1) is 0 Å². The second-order valence-electron chi connectivity index (χ2n) is 6.46. The second kappa shape index (κ2) is 7.51. The molecule has 0 aliphatic carbocycles. The minimum absolute atomic E-state index is 0.0173. The molecule has 6 heteroatoms. The van der Waals surface area contributed by atoms with E-state index in [-0.39, 0.29) is 17.5 Å². The van der Waals surface area contributed by atoms with E-state index in [1.54, 1.807) is 19.3 Å². The highest BCUT2D eigenvalue weighted by Gasteiger charge is 2.21. The fourth-order valence-corrected chi connectivity index (χ4v) is 3.08. The van der Waals surface area contributed by atoms with Crippen molar-refractivity contribution in [2.75, 3.05) is 18.0 Å². The number of nitrogens with one attached hydrogen (secondary N) is 1. The molecular weight excluding hydrogens is 316 g/mol. The first-order valence-electron chi connectivity index (χ1n) is 8.75. The number of anilines is 1. The van der Waals surface area contributed by atoms with Crippen molar-refractivity contribution in [2.24, 2.45) is 7.05 Å². The molecule has 1 amide bonds. The van der Waals surface area contributed by atoms with Crippen molar-refractivity contribution in [1.82, 2.24) is 15.1 Å². The molecule has 1 aliphatic rings. The number of benzene rings is 1. The van der Waals surface area contributed by atoms with E-state index in [1.165, 1.54) is 10.2 Å². The summed E-state index contributed by atoms with van der Waals surface area (Å²) in [5, 5.41) is 7.19. The number of piperidine rings is 1. The van der Waals surface area contributed by atoms with Gasteiger partial charge in [0.1, 0.15) is 0 Å². The van der Waals surface area contributed by atoms with E-state index in [1.807, 2.05) is 24.3 Å². The molecule has 1 N–H and O–H groups in total. The van der Waals surface area contributed by atoms with Crippen LogP contribution >= 0.6 is 0 Å². The molecule has 0 spiro atoms. The third-order valence-corrected chi connectivity index (χ3v) is 4.77. The van der Waals surface area contributed by atoms with Crippen LogP contribution in [0.3, 0.4) is 0 Å². The molecule has 0 bridgehead atoms. The zero-order valence-electron chi connectivity index (χ0n) is 14.7. The molecule has 25 heavy (non-hydrogen) atoms. The molecule has 1 fully saturated rings. The van der Waals surface area contributed by atoms with E-state index < -0.39 is 0 Å². The number of aromatic nitrogens is 2. The van der Waals surface area contributed by atoms with Gasteiger partial charge in [-0.3, -0.25) is 9.59 Å². The Morgan fingerprint density at radius 3 is 2.52 bits per heavy atom. The summed E-state index contributed by atoms with van der Waals surface area (Å²) in [7, 11) is 1.64. The van der Waals surface area contributed by atoms with Crippen molar-refractivity contribution in [3.63, 3.8) is 0 Å². The third kappa shape index (κ3) is 4.07. The predicted octanol–water partition coefficient (Wildman–Crippen LogP) is 1.74. The average molecular weight is 340 g/mol. The Kier molecular flexibility index (Phi) is 5.16. The van der Waals surface area contributed by atoms with E-state index in [0.717, 1.165) is 38.0 Å². The van der Waals surface area contributed by atoms with E-state index in [4.69, 9.17) is 0 Å². The average Bonchev–Trinajstić information content (AvgIpc) is 2.64. The summed E-state index contributed by atoms with van der Waals surface area (Å²) in [6.07, 6.45) is 4.40. The van der Waals surface area contributed by atoms with Gasteiger partial charge in [0.2, 0.25) is 0 Å². The second-order valence-corrected chi connectivity index (χ2v) is 6.46. The SMILES string of the molecule is CCc1ccc(C(=O)NC2CCN(c3cnn(C)c(=O)c3)CC2)cc1. The number of carbonyl (C=O) groups excluding carboxylic acids is 1. The van der Waals surface area contributed by atoms with Gasteiger partial charge in [0, 0.05) is 37.8 Å². The van der Waals surface area contributed by atoms with Gasteiger partial charge in [-0.25, -0.2) is 4.68 Å². The molecule has 0 saturated carbocycles. The summed E-state index contributed by atoms with van der Waals surface area (Å²) in [4.78, 5) is 26.2. The molecule has 1 aromatic heterocycles. The number of hydrogen-bond acceptors (Lipinski definition) is 4. The minimum atomic E-state index is -0.108. The topological polar surface area (TPSA) is 67.2 Å². The lowest BCUT2D eigenvalue weighted by Crippen LogP contribution is -2.45. The molecule has 2 heterocycles. The number of nitrogens with zero attached hydrogens (tertiary/aromatic N) is 3. The highest BCUT2D eigenvalue weighted by Crippen LogP contribution is 2.18. The maximum atomic E-state index is 12.4. The quantitative estimate of drug-likeness (QED) is 0.921. The molecule has 1 aromatic carbocycles. The third-order valence-electron chi connectivity index (χ3n) is 4.77. The Morgan fingerprint density at radius 1 is 1.24 bits per heavy atom. The minimum Gasteiger partial charge on any atom is -0.370 e. The van der Waals surface area contributed by atoms with Crippen molar-refractivity contribution in [3.8, 4) is 0 Å². The largest absolute Gasteiger partial charge is 0.370 e. The maximum Gasteiger partial charge on any atom is 0.268 e. The van der Waals surface area contributed by atoms with Gasteiger partial charge >= 0.3 is 0 Å². The Hall–Kier alpha value is -2.63. The number of aryl methyl sites for hydroxylation is 2. The molecular formula is C19H24N4O2. The van der Waals surface area contributed by atoms with Gasteiger partial charge < -0.3 is 10.2 Å². The van der Waals surface area contributed by atoms with Gasteiger partial charge in [-0.1, -0.05) is 19.1 Å². The van der Waals surface area contributed by atoms with E-state index in [2.05, 4.69) is 22.2 Å². The molecule has 6 nitrogen and oxygen atoms in total. The summed E-state index contributed by atoms with van der Waals surface area (Å²) in [5.41, 5.74) is 2.68. The van der Waals surface area contributed by atoms with Crippen LogP contribution in [0.25, 0.3) is 0 Å². The first-order chi connectivity index (χ1) is 12.1. The van der Waals surface area contributed by atoms with Crippen molar-refractivity contribution >= 4 is 11.6 Å². The lowest BCUT2D eigenvalue weighted by Gasteiger charge is -2.33. The monoisotopic (exact) mass is 340 g/mol. The number of hydrogen-bond donors (Lipinski definition) is 1. The molecule has 2 aromatic rings. The number of rotatable bonds is 4. The van der Waals surface area contributed by atoms with E-state index in [9.17, 15) is 9.59 Å². The maximum absolute atomic E-state index is 12.4. The molecule has 0 unspecified atom stereocenters. The smallest absolute Gasteiger partial charge is 0.268 e. The molecule has 0 atom stereocenters. The fraction of sp³-hybridized carbons (Fsp3) is 0.421. The van der Waals surface area contributed by atoms with Crippen molar-refractivity contribution < 1.29 is 4.79 Å². The molecule has 0 radical (unpaired) electrons. The van der Waals surface area contributed by atoms with Crippen LogP contribution in [0.4, 0.5) is 5.69 Å². The molecule has 1 saturated heterocycles. The van der Waals surface area contributed by atoms with Crippen LogP contribution in [0.1, 0.15) is 35.7 Å². The Bertz CT molecular complexity index is 790. The highest BCUT2D eigenvalue weighted by molar-refractivity contribution is 5.94. The standard InChI is InChI=1S/C19H24N4O2/c1-3-14-4-6-15(7-5-14)19(25)21-16-8-10-23(11-9-16)17-12-18(24)22(2)20-13-17/h4-7,12-13,16H,3,8-11H2,1-2H3,(H,21,25). The first kappa shape index (κ1) is 17.2. The van der Waals surface area contributed by atoms with Crippen molar-refractivity contribution in [2.45, 2.75) is 32.2 Å². The van der Waals surface area contributed by atoms with E-state index >= 15 is 0 Å². The van der Waals surface area contributed by atoms with Crippen molar-refractivity contribution in [1.29, 1.82) is 0 Å². The van der Waals surface area contributed by atoms with Crippen LogP contribution in [0.5, 0.6) is 0 Å². The predicted molar refractivity (Wildman–Crippen MR) is 98.0 cm³/mol. The van der Waals surface area contributed by atoms with Crippen LogP contribution in [0.2, 0.25) is 0 Å². The number of amides is 1. The summed E-state index contributed by atoms with van der Waals surface area (Å²) in [6.45, 7) is 3.70. The fourth-order valence-electron chi connectivity index (χ4n) is 3.08. The van der Waals surface area contributed by atoms with Crippen LogP contribution < -0.4 is 15.8 Å². The van der Waals surface area contributed by atoms with Gasteiger partial charge in [-0.2, -0.15) is 5.10 Å². The van der Waals surface area contributed by atoms with Crippen LogP contribution in [0, 0.1) is 0 Å². The number of carbonyl (C=O) groups is 1. The van der Waals surface area contributed by atoms with Crippen LogP contribution in [-0.2, 0) is 13.5 Å². The molecule has 1 aliphatic heterocycles. The van der Waals surface area contributed by atoms with Crippen LogP contribution in [0.15, 0.2) is 41.3 Å². The van der Waals surface area contributed by atoms with Gasteiger partial charge in [0.05, 0.1) is 11.9 Å². The van der Waals surface area contributed by atoms with Crippen LogP contribution in [-0.4, -0.2) is 34.8 Å². The lowest BCUT2D eigenvalue weighted by molar-refractivity contribution is 0.0931. The molecule has 132 valence electrons.